The summed E-state index contributed by atoms with van der Waals surface area (Å²) in [4.78, 5) is 4.80. The van der Waals surface area contributed by atoms with Crippen molar-refractivity contribution in [3.8, 4) is 0 Å². The van der Waals surface area contributed by atoms with Gasteiger partial charge in [-0.15, -0.1) is 0 Å². The van der Waals surface area contributed by atoms with E-state index < -0.39 is 0 Å². The molecule has 0 radical (unpaired) electrons. The van der Waals surface area contributed by atoms with Gasteiger partial charge in [-0.2, -0.15) is 0 Å². The van der Waals surface area contributed by atoms with Crippen molar-refractivity contribution in [3.63, 3.8) is 0 Å². The summed E-state index contributed by atoms with van der Waals surface area (Å²) in [5.74, 6) is 0. The number of nitrogens with zero attached hydrogens (tertiary/aromatic N) is 2. The Kier molecular flexibility index (Phi) is 6.05. The van der Waals surface area contributed by atoms with E-state index in [4.69, 9.17) is 12.2 Å². The van der Waals surface area contributed by atoms with Crippen LogP contribution in [-0.4, -0.2) is 41.1 Å². The summed E-state index contributed by atoms with van der Waals surface area (Å²) in [6.45, 7) is 10.2. The molecule has 1 saturated heterocycles. The van der Waals surface area contributed by atoms with Crippen LogP contribution in [-0.2, 0) is 13.1 Å². The molecule has 1 aliphatic rings. The van der Waals surface area contributed by atoms with Crippen LogP contribution in [0.5, 0.6) is 0 Å². The third kappa shape index (κ3) is 5.03. The maximum absolute atomic E-state index is 5.58. The van der Waals surface area contributed by atoms with Gasteiger partial charge in [0, 0.05) is 39.3 Å². The van der Waals surface area contributed by atoms with Gasteiger partial charge in [0.2, 0.25) is 0 Å². The zero-order valence-electron chi connectivity index (χ0n) is 15.2. The summed E-state index contributed by atoms with van der Waals surface area (Å²) in [5.41, 5.74) is 5.36. The second-order valence-electron chi connectivity index (χ2n) is 6.83. The predicted molar refractivity (Wildman–Crippen MR) is 109 cm³/mol. The van der Waals surface area contributed by atoms with E-state index in [9.17, 15) is 0 Å². The standard InChI is InChI=1S/C21H27N3S/c1-17-7-9-19(10-8-17)15-22-21(25)24-13-11-23(12-14-24)16-20-6-4-3-5-18(20)2/h3-10H,11-16H2,1-2H3,(H,22,25). The van der Waals surface area contributed by atoms with Crippen LogP contribution < -0.4 is 5.32 Å². The van der Waals surface area contributed by atoms with E-state index in [-0.39, 0.29) is 0 Å². The molecule has 0 spiro atoms. The highest BCUT2D eigenvalue weighted by molar-refractivity contribution is 7.80. The topological polar surface area (TPSA) is 18.5 Å². The molecule has 0 bridgehead atoms. The lowest BCUT2D eigenvalue weighted by Crippen LogP contribution is -2.51. The van der Waals surface area contributed by atoms with Crippen LogP contribution >= 0.6 is 12.2 Å². The highest BCUT2D eigenvalue weighted by atomic mass is 32.1. The minimum Gasteiger partial charge on any atom is -0.358 e. The van der Waals surface area contributed by atoms with Gasteiger partial charge < -0.3 is 10.2 Å². The predicted octanol–water partition coefficient (Wildman–Crippen LogP) is 3.50. The van der Waals surface area contributed by atoms with Crippen LogP contribution in [0.25, 0.3) is 0 Å². The number of piperazine rings is 1. The lowest BCUT2D eigenvalue weighted by atomic mass is 10.1. The molecule has 25 heavy (non-hydrogen) atoms. The van der Waals surface area contributed by atoms with Gasteiger partial charge in [-0.05, 0) is 42.8 Å². The molecule has 2 aromatic rings. The highest BCUT2D eigenvalue weighted by Gasteiger charge is 2.19. The molecule has 4 heteroatoms. The molecular formula is C21H27N3S. The molecule has 0 saturated carbocycles. The van der Waals surface area contributed by atoms with Crippen molar-refractivity contribution >= 4 is 17.3 Å². The smallest absolute Gasteiger partial charge is 0.169 e. The largest absolute Gasteiger partial charge is 0.358 e. The average Bonchev–Trinajstić information content (AvgIpc) is 2.63. The SMILES string of the molecule is Cc1ccc(CNC(=S)N2CCN(Cc3ccccc3C)CC2)cc1. The lowest BCUT2D eigenvalue weighted by Gasteiger charge is -2.36. The molecule has 1 heterocycles. The van der Waals surface area contributed by atoms with E-state index >= 15 is 0 Å². The Morgan fingerprint density at radius 1 is 0.960 bits per heavy atom. The van der Waals surface area contributed by atoms with E-state index in [0.29, 0.717) is 0 Å². The Morgan fingerprint density at radius 2 is 1.64 bits per heavy atom. The number of benzene rings is 2. The van der Waals surface area contributed by atoms with Gasteiger partial charge in [0.15, 0.2) is 5.11 Å². The van der Waals surface area contributed by atoms with E-state index in [0.717, 1.165) is 44.4 Å². The number of rotatable bonds is 4. The molecule has 3 rings (SSSR count). The first kappa shape index (κ1) is 17.9. The van der Waals surface area contributed by atoms with Crippen molar-refractivity contribution in [2.75, 3.05) is 26.2 Å². The molecule has 1 N–H and O–H groups in total. The summed E-state index contributed by atoms with van der Waals surface area (Å²) in [7, 11) is 0. The molecule has 0 aromatic heterocycles. The molecule has 1 fully saturated rings. The number of aryl methyl sites for hydroxylation is 2. The van der Waals surface area contributed by atoms with Crippen molar-refractivity contribution in [1.82, 2.24) is 15.1 Å². The van der Waals surface area contributed by atoms with Crippen LogP contribution in [0.4, 0.5) is 0 Å². The number of hydrogen-bond acceptors (Lipinski definition) is 2. The third-order valence-electron chi connectivity index (χ3n) is 4.88. The lowest BCUT2D eigenvalue weighted by molar-refractivity contribution is 0.174. The maximum Gasteiger partial charge on any atom is 0.169 e. The first-order chi connectivity index (χ1) is 12.1. The first-order valence-electron chi connectivity index (χ1n) is 8.97. The van der Waals surface area contributed by atoms with Crippen LogP contribution in [0.3, 0.4) is 0 Å². The minimum absolute atomic E-state index is 0.794. The summed E-state index contributed by atoms with van der Waals surface area (Å²) < 4.78 is 0. The van der Waals surface area contributed by atoms with Crippen molar-refractivity contribution in [2.45, 2.75) is 26.9 Å². The minimum atomic E-state index is 0.794. The Bertz CT molecular complexity index is 703. The molecular weight excluding hydrogens is 326 g/mol. The number of thiocarbonyl (C=S) groups is 1. The Hall–Kier alpha value is -1.91. The highest BCUT2D eigenvalue weighted by Crippen LogP contribution is 2.12. The number of nitrogens with one attached hydrogen (secondary N) is 1. The summed E-state index contributed by atoms with van der Waals surface area (Å²) in [6.07, 6.45) is 0. The molecule has 0 unspecified atom stereocenters. The van der Waals surface area contributed by atoms with E-state index in [1.807, 2.05) is 0 Å². The van der Waals surface area contributed by atoms with Gasteiger partial charge in [-0.1, -0.05) is 54.1 Å². The summed E-state index contributed by atoms with van der Waals surface area (Å²) >= 11 is 5.58. The van der Waals surface area contributed by atoms with Gasteiger partial charge in [0.25, 0.3) is 0 Å². The van der Waals surface area contributed by atoms with Crippen LogP contribution in [0, 0.1) is 13.8 Å². The molecule has 132 valence electrons. The van der Waals surface area contributed by atoms with Crippen molar-refractivity contribution in [2.24, 2.45) is 0 Å². The van der Waals surface area contributed by atoms with Crippen molar-refractivity contribution in [3.05, 3.63) is 70.8 Å². The molecule has 3 nitrogen and oxygen atoms in total. The molecule has 0 aliphatic carbocycles. The second-order valence-corrected chi connectivity index (χ2v) is 7.22. The van der Waals surface area contributed by atoms with Gasteiger partial charge >= 0.3 is 0 Å². The summed E-state index contributed by atoms with van der Waals surface area (Å²) in [6, 6.07) is 17.3. The van der Waals surface area contributed by atoms with Gasteiger partial charge in [-0.25, -0.2) is 0 Å². The Morgan fingerprint density at radius 3 is 2.32 bits per heavy atom. The average molecular weight is 354 g/mol. The van der Waals surface area contributed by atoms with Gasteiger partial charge in [-0.3, -0.25) is 4.90 Å². The molecule has 0 atom stereocenters. The molecule has 2 aromatic carbocycles. The van der Waals surface area contributed by atoms with E-state index in [1.165, 1.54) is 22.3 Å². The Labute approximate surface area is 156 Å². The Balaban J connectivity index is 1.44. The second kappa shape index (κ2) is 8.45. The van der Waals surface area contributed by atoms with Crippen molar-refractivity contribution in [1.29, 1.82) is 0 Å². The zero-order chi connectivity index (χ0) is 17.6. The monoisotopic (exact) mass is 353 g/mol. The van der Waals surface area contributed by atoms with Crippen molar-refractivity contribution < 1.29 is 0 Å². The zero-order valence-corrected chi connectivity index (χ0v) is 16.0. The number of hydrogen-bond donors (Lipinski definition) is 1. The molecule has 1 aliphatic heterocycles. The van der Waals surface area contributed by atoms with Crippen LogP contribution in [0.2, 0.25) is 0 Å². The fourth-order valence-corrected chi connectivity index (χ4v) is 3.39. The maximum atomic E-state index is 5.58. The quantitative estimate of drug-likeness (QED) is 0.848. The molecule has 0 amide bonds. The third-order valence-corrected chi connectivity index (χ3v) is 5.28. The van der Waals surface area contributed by atoms with E-state index in [1.54, 1.807) is 0 Å². The van der Waals surface area contributed by atoms with Gasteiger partial charge in [0.1, 0.15) is 0 Å². The summed E-state index contributed by atoms with van der Waals surface area (Å²) in [5, 5.41) is 4.27. The normalized spacial score (nSPS) is 15.2. The fraction of sp³-hybridized carbons (Fsp3) is 0.381. The fourth-order valence-electron chi connectivity index (χ4n) is 3.13. The first-order valence-corrected chi connectivity index (χ1v) is 9.38. The van der Waals surface area contributed by atoms with Crippen LogP contribution in [0.15, 0.2) is 48.5 Å². The van der Waals surface area contributed by atoms with Crippen LogP contribution in [0.1, 0.15) is 22.3 Å². The van der Waals surface area contributed by atoms with Gasteiger partial charge in [0.05, 0.1) is 0 Å². The van der Waals surface area contributed by atoms with E-state index in [2.05, 4.69) is 77.5 Å².